The molecule has 2 aromatic carbocycles. The molecule has 0 saturated heterocycles. The number of benzene rings is 2. The number of rotatable bonds is 5. The lowest BCUT2D eigenvalue weighted by Gasteiger charge is -2.06. The predicted molar refractivity (Wildman–Crippen MR) is 97.3 cm³/mol. The van der Waals surface area contributed by atoms with E-state index < -0.39 is 0 Å². The normalized spacial score (nSPS) is 10.9. The first kappa shape index (κ1) is 17.1. The van der Waals surface area contributed by atoms with Crippen LogP contribution in [0.2, 0.25) is 0 Å². The Morgan fingerprint density at radius 3 is 2.78 bits per heavy atom. The van der Waals surface area contributed by atoms with Crippen molar-refractivity contribution >= 4 is 32.6 Å². The summed E-state index contributed by atoms with van der Waals surface area (Å²) >= 11 is 1.22. The van der Waals surface area contributed by atoms with Gasteiger partial charge in [0.2, 0.25) is 0 Å². The van der Waals surface area contributed by atoms with Gasteiger partial charge in [-0.1, -0.05) is 21.7 Å². The van der Waals surface area contributed by atoms with Gasteiger partial charge in [0.15, 0.2) is 5.13 Å². The summed E-state index contributed by atoms with van der Waals surface area (Å²) in [6.07, 6.45) is 0. The second-order valence-electron chi connectivity index (χ2n) is 5.69. The van der Waals surface area contributed by atoms with E-state index in [1.807, 2.05) is 0 Å². The number of ether oxygens (including phenoxy) is 1. The van der Waals surface area contributed by atoms with Crippen LogP contribution in [0.4, 0.5) is 9.52 Å². The monoisotopic (exact) mass is 384 g/mol. The summed E-state index contributed by atoms with van der Waals surface area (Å²) in [4.78, 5) is 16.6. The summed E-state index contributed by atoms with van der Waals surface area (Å²) in [5.74, 6) is -0.0572. The van der Waals surface area contributed by atoms with Crippen molar-refractivity contribution in [1.29, 1.82) is 0 Å². The topological polar surface area (TPSA) is 90.1 Å². The van der Waals surface area contributed by atoms with E-state index >= 15 is 0 Å². The molecule has 0 atom stereocenters. The van der Waals surface area contributed by atoms with Crippen LogP contribution in [0.25, 0.3) is 10.2 Å². The van der Waals surface area contributed by atoms with E-state index in [1.54, 1.807) is 37.3 Å². The van der Waals surface area contributed by atoms with Crippen LogP contribution in [-0.4, -0.2) is 21.2 Å². The molecular weight excluding hydrogens is 371 g/mol. The Labute approximate surface area is 156 Å². The molecule has 0 unspecified atom stereocenters. The summed E-state index contributed by atoms with van der Waals surface area (Å²) < 4.78 is 24.1. The highest BCUT2D eigenvalue weighted by molar-refractivity contribution is 7.22. The van der Waals surface area contributed by atoms with E-state index in [4.69, 9.17) is 4.74 Å². The Morgan fingerprint density at radius 1 is 1.22 bits per heavy atom. The van der Waals surface area contributed by atoms with Crippen LogP contribution in [0.3, 0.4) is 0 Å². The highest BCUT2D eigenvalue weighted by atomic mass is 32.1. The molecule has 27 heavy (non-hydrogen) atoms. The van der Waals surface area contributed by atoms with Crippen molar-refractivity contribution in [2.75, 3.05) is 5.32 Å². The maximum Gasteiger partial charge on any atom is 0.257 e. The van der Waals surface area contributed by atoms with E-state index in [2.05, 4.69) is 25.2 Å². The molecule has 0 aliphatic carbocycles. The summed E-state index contributed by atoms with van der Waals surface area (Å²) in [6, 6.07) is 11.0. The summed E-state index contributed by atoms with van der Waals surface area (Å²) in [5.41, 5.74) is 2.37. The smallest absolute Gasteiger partial charge is 0.257 e. The number of amides is 1. The number of aryl methyl sites for hydroxylation is 1. The van der Waals surface area contributed by atoms with Gasteiger partial charge in [-0.3, -0.25) is 10.1 Å². The van der Waals surface area contributed by atoms with Gasteiger partial charge in [-0.15, -0.1) is 0 Å². The largest absolute Gasteiger partial charge is 0.487 e. The number of nitrogens with zero attached hydrogens (tertiary/aromatic N) is 3. The fraction of sp³-hybridized carbons (Fsp3) is 0.111. The summed E-state index contributed by atoms with van der Waals surface area (Å²) in [7, 11) is 0. The van der Waals surface area contributed by atoms with Crippen LogP contribution in [0.15, 0.2) is 47.1 Å². The summed E-state index contributed by atoms with van der Waals surface area (Å²) in [6.45, 7) is 2.00. The molecule has 0 bridgehead atoms. The molecule has 0 fully saturated rings. The van der Waals surface area contributed by atoms with Crippen molar-refractivity contribution in [3.63, 3.8) is 0 Å². The van der Waals surface area contributed by atoms with E-state index in [1.165, 1.54) is 23.5 Å². The van der Waals surface area contributed by atoms with Gasteiger partial charge < -0.3 is 4.74 Å². The fourth-order valence-corrected chi connectivity index (χ4v) is 3.24. The molecule has 0 saturated carbocycles. The van der Waals surface area contributed by atoms with Gasteiger partial charge in [-0.25, -0.2) is 14.0 Å². The van der Waals surface area contributed by atoms with Gasteiger partial charge in [-0.2, -0.15) is 0 Å². The highest BCUT2D eigenvalue weighted by Crippen LogP contribution is 2.27. The lowest BCUT2D eigenvalue weighted by Crippen LogP contribution is -2.11. The average Bonchev–Trinajstić information content (AvgIpc) is 3.25. The van der Waals surface area contributed by atoms with Crippen molar-refractivity contribution in [2.24, 2.45) is 0 Å². The first-order valence-electron chi connectivity index (χ1n) is 7.97. The SMILES string of the molecule is Cc1nonc1COc1ccc(C(=O)Nc2nc3ccc(F)cc3s2)cc1. The van der Waals surface area contributed by atoms with Gasteiger partial charge in [0.1, 0.15) is 29.6 Å². The maximum absolute atomic E-state index is 13.3. The Kier molecular flexibility index (Phi) is 4.51. The number of fused-ring (bicyclic) bond motifs is 1. The zero-order valence-electron chi connectivity index (χ0n) is 14.1. The minimum absolute atomic E-state index is 0.225. The van der Waals surface area contributed by atoms with Gasteiger partial charge in [0, 0.05) is 5.56 Å². The predicted octanol–water partition coefficient (Wildman–Crippen LogP) is 3.96. The van der Waals surface area contributed by atoms with Gasteiger partial charge >= 0.3 is 0 Å². The number of hydrogen-bond acceptors (Lipinski definition) is 7. The molecule has 0 aliphatic heterocycles. The third-order valence-corrected chi connectivity index (χ3v) is 4.74. The molecule has 7 nitrogen and oxygen atoms in total. The minimum atomic E-state index is -0.337. The fourth-order valence-electron chi connectivity index (χ4n) is 2.36. The van der Waals surface area contributed by atoms with Gasteiger partial charge in [0.05, 0.1) is 10.2 Å². The van der Waals surface area contributed by atoms with E-state index in [0.717, 1.165) is 0 Å². The molecule has 1 amide bonds. The summed E-state index contributed by atoms with van der Waals surface area (Å²) in [5, 5.41) is 10.6. The van der Waals surface area contributed by atoms with Gasteiger partial charge in [0.25, 0.3) is 5.91 Å². The second kappa shape index (κ2) is 7.12. The van der Waals surface area contributed by atoms with E-state index in [0.29, 0.717) is 38.0 Å². The molecule has 136 valence electrons. The first-order valence-corrected chi connectivity index (χ1v) is 8.78. The molecule has 0 radical (unpaired) electrons. The lowest BCUT2D eigenvalue weighted by atomic mass is 10.2. The van der Waals surface area contributed by atoms with Crippen LogP contribution in [0.5, 0.6) is 5.75 Å². The Bertz CT molecular complexity index is 1110. The van der Waals surface area contributed by atoms with Crippen molar-refractivity contribution in [1.82, 2.24) is 15.3 Å². The molecule has 2 heterocycles. The number of halogens is 1. The molecular formula is C18H13FN4O3S. The van der Waals surface area contributed by atoms with Crippen molar-refractivity contribution in [2.45, 2.75) is 13.5 Å². The van der Waals surface area contributed by atoms with Crippen LogP contribution in [-0.2, 0) is 6.61 Å². The van der Waals surface area contributed by atoms with Crippen LogP contribution in [0.1, 0.15) is 21.7 Å². The number of thiazole rings is 1. The van der Waals surface area contributed by atoms with Crippen molar-refractivity contribution in [3.8, 4) is 5.75 Å². The zero-order valence-corrected chi connectivity index (χ0v) is 14.9. The second-order valence-corrected chi connectivity index (χ2v) is 6.73. The molecule has 4 aromatic rings. The van der Waals surface area contributed by atoms with Crippen molar-refractivity contribution < 1.29 is 18.6 Å². The Morgan fingerprint density at radius 2 is 2.04 bits per heavy atom. The molecule has 1 N–H and O–H groups in total. The third kappa shape index (κ3) is 3.77. The number of carbonyl (C=O) groups is 1. The number of nitrogens with one attached hydrogen (secondary N) is 1. The van der Waals surface area contributed by atoms with E-state index in [9.17, 15) is 9.18 Å². The van der Waals surface area contributed by atoms with Crippen LogP contribution >= 0.6 is 11.3 Å². The molecule has 2 aromatic heterocycles. The third-order valence-electron chi connectivity index (χ3n) is 3.81. The molecule has 0 aliphatic rings. The maximum atomic E-state index is 13.3. The number of aromatic nitrogens is 3. The zero-order chi connectivity index (χ0) is 18.8. The minimum Gasteiger partial charge on any atom is -0.487 e. The first-order chi connectivity index (χ1) is 13.1. The lowest BCUT2D eigenvalue weighted by molar-refractivity contribution is 0.102. The number of hydrogen-bond donors (Lipinski definition) is 1. The number of carbonyl (C=O) groups excluding carboxylic acids is 1. The van der Waals surface area contributed by atoms with Crippen molar-refractivity contribution in [3.05, 3.63) is 65.2 Å². The van der Waals surface area contributed by atoms with Crippen LogP contribution in [0, 0.1) is 12.7 Å². The van der Waals surface area contributed by atoms with Gasteiger partial charge in [-0.05, 0) is 49.4 Å². The molecule has 4 rings (SSSR count). The van der Waals surface area contributed by atoms with Crippen LogP contribution < -0.4 is 10.1 Å². The molecule has 0 spiro atoms. The molecule has 9 heteroatoms. The highest BCUT2D eigenvalue weighted by Gasteiger charge is 2.11. The van der Waals surface area contributed by atoms with E-state index in [-0.39, 0.29) is 18.3 Å². The Balaban J connectivity index is 1.41. The standard InChI is InChI=1S/C18H13FN4O3S/c1-10-15(23-26-22-10)9-25-13-5-2-11(3-6-13)17(24)21-18-20-14-7-4-12(19)8-16(14)27-18/h2-8H,9H2,1H3,(H,20,21,24). The number of anilines is 1. The average molecular weight is 384 g/mol. The Hall–Kier alpha value is -3.33. The quantitative estimate of drug-likeness (QED) is 0.560.